The topological polar surface area (TPSA) is 77.5 Å². The summed E-state index contributed by atoms with van der Waals surface area (Å²) in [6, 6.07) is 1.08. The first-order chi connectivity index (χ1) is 14.9. The maximum atomic E-state index is 13.0. The van der Waals surface area contributed by atoms with Crippen molar-refractivity contribution in [3.8, 4) is 0 Å². The summed E-state index contributed by atoms with van der Waals surface area (Å²) in [5.74, 6) is -3.67. The molecule has 1 aliphatic heterocycles. The molecule has 2 heterocycles. The van der Waals surface area contributed by atoms with Crippen LogP contribution in [0.5, 0.6) is 0 Å². The van der Waals surface area contributed by atoms with Crippen LogP contribution in [0, 0.1) is 11.8 Å². The van der Waals surface area contributed by atoms with Crippen LogP contribution in [0.1, 0.15) is 48.9 Å². The van der Waals surface area contributed by atoms with Gasteiger partial charge in [0, 0.05) is 26.2 Å². The fraction of sp³-hybridized carbons (Fsp3) is 0.700. The lowest BCUT2D eigenvalue weighted by Gasteiger charge is -2.35. The van der Waals surface area contributed by atoms with Gasteiger partial charge in [-0.1, -0.05) is 0 Å². The number of anilines is 3. The number of aromatic carboxylic acids is 1. The summed E-state index contributed by atoms with van der Waals surface area (Å²) in [6.07, 6.45) is -8.28. The summed E-state index contributed by atoms with van der Waals surface area (Å²) in [5.41, 5.74) is 0.176. The molecule has 32 heavy (non-hydrogen) atoms. The van der Waals surface area contributed by atoms with Crippen molar-refractivity contribution in [2.24, 2.45) is 11.8 Å². The predicted octanol–water partition coefficient (Wildman–Crippen LogP) is 5.13. The van der Waals surface area contributed by atoms with E-state index >= 15 is 0 Å². The number of carboxylic acids is 1. The zero-order valence-corrected chi connectivity index (χ0v) is 17.5. The normalized spacial score (nSPS) is 23.2. The molecular formula is C20H26F6N4O2. The van der Waals surface area contributed by atoms with Crippen molar-refractivity contribution in [1.82, 2.24) is 4.98 Å². The average molecular weight is 468 g/mol. The van der Waals surface area contributed by atoms with Gasteiger partial charge in [-0.05, 0) is 44.6 Å². The highest BCUT2D eigenvalue weighted by Gasteiger charge is 2.42. The predicted molar refractivity (Wildman–Crippen MR) is 107 cm³/mol. The van der Waals surface area contributed by atoms with Gasteiger partial charge in [0.15, 0.2) is 5.82 Å². The minimum Gasteiger partial charge on any atom is -0.478 e. The largest absolute Gasteiger partial charge is 0.478 e. The Hall–Kier alpha value is -2.40. The molecule has 1 saturated carbocycles. The second-order valence-electron chi connectivity index (χ2n) is 8.35. The number of piperidine rings is 1. The van der Waals surface area contributed by atoms with Gasteiger partial charge in [0.25, 0.3) is 0 Å². The Labute approximate surface area is 181 Å². The number of pyridine rings is 1. The van der Waals surface area contributed by atoms with Gasteiger partial charge in [-0.2, -0.15) is 26.3 Å². The van der Waals surface area contributed by atoms with Crippen LogP contribution in [0.2, 0.25) is 0 Å². The number of hydrogen-bond acceptors (Lipinski definition) is 5. The molecule has 1 aromatic rings. The van der Waals surface area contributed by atoms with E-state index in [1.807, 2.05) is 0 Å². The summed E-state index contributed by atoms with van der Waals surface area (Å²) in [6.45, 7) is 0.0453. The van der Waals surface area contributed by atoms with Crippen molar-refractivity contribution in [1.29, 1.82) is 0 Å². The van der Waals surface area contributed by atoms with Crippen molar-refractivity contribution >= 4 is 23.3 Å². The zero-order valence-electron chi connectivity index (χ0n) is 17.5. The van der Waals surface area contributed by atoms with Crippen LogP contribution in [0.4, 0.5) is 43.7 Å². The van der Waals surface area contributed by atoms with Gasteiger partial charge in [0.1, 0.15) is 11.4 Å². The molecule has 1 aliphatic carbocycles. The minimum atomic E-state index is -4.29. The first kappa shape index (κ1) is 24.2. The molecule has 0 aromatic carbocycles. The Morgan fingerprint density at radius 2 is 1.53 bits per heavy atom. The van der Waals surface area contributed by atoms with Crippen LogP contribution in [-0.4, -0.2) is 54.6 Å². The van der Waals surface area contributed by atoms with Gasteiger partial charge in [-0.3, -0.25) is 0 Å². The van der Waals surface area contributed by atoms with E-state index in [4.69, 9.17) is 0 Å². The van der Waals surface area contributed by atoms with E-state index in [9.17, 15) is 36.2 Å². The van der Waals surface area contributed by atoms with Gasteiger partial charge in [0.05, 0.1) is 17.5 Å². The van der Waals surface area contributed by atoms with Gasteiger partial charge in [-0.15, -0.1) is 0 Å². The molecule has 0 atom stereocenters. The first-order valence-electron chi connectivity index (χ1n) is 10.5. The standard InChI is InChI=1S/C20H26F6N4O2/c1-27-16-15(28-13-4-2-11(3-5-13)19(21,22)23)10-14(18(31)32)17(29-16)30-8-6-12(7-9-30)20(24,25)26/h10-13,28H,2-9H2,1H3,(H,27,29)(H,31,32). The first-order valence-corrected chi connectivity index (χ1v) is 10.5. The van der Waals surface area contributed by atoms with Crippen molar-refractivity contribution in [2.75, 3.05) is 35.7 Å². The number of nitrogens with zero attached hydrogens (tertiary/aromatic N) is 2. The number of hydrogen-bond donors (Lipinski definition) is 3. The molecule has 6 nitrogen and oxygen atoms in total. The van der Waals surface area contributed by atoms with E-state index in [-0.39, 0.29) is 69.0 Å². The molecule has 2 aliphatic rings. The Bertz CT molecular complexity index is 814. The van der Waals surface area contributed by atoms with E-state index in [2.05, 4.69) is 15.6 Å². The second kappa shape index (κ2) is 9.22. The highest BCUT2D eigenvalue weighted by Crippen LogP contribution is 2.40. The van der Waals surface area contributed by atoms with E-state index in [0.717, 1.165) is 0 Å². The Balaban J connectivity index is 1.77. The van der Waals surface area contributed by atoms with Crippen molar-refractivity contribution in [2.45, 2.75) is 56.9 Å². The summed E-state index contributed by atoms with van der Waals surface area (Å²) in [4.78, 5) is 17.8. The third-order valence-electron chi connectivity index (χ3n) is 6.28. The number of alkyl halides is 6. The van der Waals surface area contributed by atoms with Gasteiger partial charge >= 0.3 is 18.3 Å². The van der Waals surface area contributed by atoms with E-state index in [0.29, 0.717) is 11.5 Å². The van der Waals surface area contributed by atoms with Gasteiger partial charge in [-0.25, -0.2) is 9.78 Å². The smallest absolute Gasteiger partial charge is 0.391 e. The average Bonchev–Trinajstić information content (AvgIpc) is 2.72. The Morgan fingerprint density at radius 1 is 1.00 bits per heavy atom. The Kier molecular flexibility index (Phi) is 6.99. The molecule has 0 bridgehead atoms. The van der Waals surface area contributed by atoms with Crippen LogP contribution in [-0.2, 0) is 0 Å². The van der Waals surface area contributed by atoms with E-state index in [1.54, 1.807) is 7.05 Å². The van der Waals surface area contributed by atoms with Gasteiger partial charge < -0.3 is 20.6 Å². The van der Waals surface area contributed by atoms with Crippen molar-refractivity contribution < 1.29 is 36.2 Å². The molecule has 0 radical (unpaired) electrons. The molecule has 2 fully saturated rings. The number of nitrogens with one attached hydrogen (secondary N) is 2. The third kappa shape index (κ3) is 5.50. The molecule has 0 amide bonds. The molecule has 0 spiro atoms. The number of carbonyl (C=O) groups is 1. The maximum absolute atomic E-state index is 13.0. The fourth-order valence-corrected chi connectivity index (χ4v) is 4.41. The molecule has 3 N–H and O–H groups in total. The Morgan fingerprint density at radius 3 is 2.00 bits per heavy atom. The monoisotopic (exact) mass is 468 g/mol. The van der Waals surface area contributed by atoms with Crippen LogP contribution >= 0.6 is 0 Å². The number of aromatic nitrogens is 1. The molecule has 0 unspecified atom stereocenters. The highest BCUT2D eigenvalue weighted by atomic mass is 19.4. The van der Waals surface area contributed by atoms with Crippen LogP contribution in [0.25, 0.3) is 0 Å². The summed E-state index contributed by atoms with van der Waals surface area (Å²) in [5, 5.41) is 15.6. The van der Waals surface area contributed by atoms with E-state index in [1.165, 1.54) is 11.0 Å². The van der Waals surface area contributed by atoms with Crippen molar-refractivity contribution in [3.05, 3.63) is 11.6 Å². The number of carboxylic acid groups (broad SMARTS) is 1. The molecule has 1 aromatic heterocycles. The molecule has 180 valence electrons. The third-order valence-corrected chi connectivity index (χ3v) is 6.28. The number of halogens is 6. The molecule has 12 heteroatoms. The SMILES string of the molecule is CNc1nc(N2CCC(C(F)(F)F)CC2)c(C(=O)O)cc1NC1CCC(C(F)(F)F)CC1. The number of rotatable bonds is 5. The zero-order chi connectivity index (χ0) is 23.7. The molecular weight excluding hydrogens is 442 g/mol. The maximum Gasteiger partial charge on any atom is 0.391 e. The minimum absolute atomic E-state index is 0.0124. The van der Waals surface area contributed by atoms with Crippen LogP contribution in [0.15, 0.2) is 6.07 Å². The summed E-state index contributed by atoms with van der Waals surface area (Å²) < 4.78 is 77.5. The lowest BCUT2D eigenvalue weighted by molar-refractivity contribution is -0.182. The highest BCUT2D eigenvalue weighted by molar-refractivity contribution is 5.96. The quantitative estimate of drug-likeness (QED) is 0.520. The summed E-state index contributed by atoms with van der Waals surface area (Å²) in [7, 11) is 1.56. The van der Waals surface area contributed by atoms with Crippen LogP contribution in [0.3, 0.4) is 0 Å². The van der Waals surface area contributed by atoms with Crippen LogP contribution < -0.4 is 15.5 Å². The van der Waals surface area contributed by atoms with Crippen molar-refractivity contribution in [3.63, 3.8) is 0 Å². The summed E-state index contributed by atoms with van der Waals surface area (Å²) >= 11 is 0. The fourth-order valence-electron chi connectivity index (χ4n) is 4.41. The lowest BCUT2D eigenvalue weighted by atomic mass is 9.85. The van der Waals surface area contributed by atoms with E-state index < -0.39 is 30.2 Å². The lowest BCUT2D eigenvalue weighted by Crippen LogP contribution is -2.40. The van der Waals surface area contributed by atoms with Gasteiger partial charge in [0.2, 0.25) is 0 Å². The second-order valence-corrected chi connectivity index (χ2v) is 8.35. The molecule has 1 saturated heterocycles. The molecule has 3 rings (SSSR count).